The van der Waals surface area contributed by atoms with Crippen LogP contribution in [0.15, 0.2) is 48.5 Å². The zero-order chi connectivity index (χ0) is 17.6. The van der Waals surface area contributed by atoms with Crippen molar-refractivity contribution in [2.45, 2.75) is 12.1 Å². The van der Waals surface area contributed by atoms with Crippen molar-refractivity contribution in [2.24, 2.45) is 0 Å². The molecule has 0 radical (unpaired) electrons. The molecule has 0 spiro atoms. The lowest BCUT2D eigenvalue weighted by molar-refractivity contribution is 0.483. The first kappa shape index (κ1) is 16.2. The van der Waals surface area contributed by atoms with Gasteiger partial charge in [-0.3, -0.25) is 0 Å². The van der Waals surface area contributed by atoms with Crippen LogP contribution in [0.1, 0.15) is 0 Å². The first-order valence-electron chi connectivity index (χ1n) is 7.85. The van der Waals surface area contributed by atoms with Crippen molar-refractivity contribution in [1.29, 1.82) is 0 Å². The number of sulfone groups is 1. The van der Waals surface area contributed by atoms with E-state index in [-0.39, 0.29) is 23.6 Å². The van der Waals surface area contributed by atoms with Gasteiger partial charge in [-0.2, -0.15) is 0 Å². The van der Waals surface area contributed by atoms with Crippen LogP contribution in [0, 0.1) is 0 Å². The lowest BCUT2D eigenvalue weighted by atomic mass is 10.1. The number of rotatable bonds is 3. The van der Waals surface area contributed by atoms with Crippen LogP contribution in [0.5, 0.6) is 11.5 Å². The van der Waals surface area contributed by atoms with E-state index in [1.807, 2.05) is 29.2 Å². The van der Waals surface area contributed by atoms with E-state index in [1.54, 1.807) is 24.3 Å². The fraction of sp³-hybridized carbons (Fsp3) is 0.235. The molecule has 2 aromatic rings. The predicted molar refractivity (Wildman–Crippen MR) is 102 cm³/mol. The lowest BCUT2D eigenvalue weighted by Crippen LogP contribution is -2.36. The van der Waals surface area contributed by atoms with E-state index in [9.17, 15) is 8.42 Å². The van der Waals surface area contributed by atoms with Crippen molar-refractivity contribution in [3.05, 3.63) is 48.5 Å². The Morgan fingerprint density at radius 2 is 1.64 bits per heavy atom. The molecule has 6 nitrogen and oxygen atoms in total. The Bertz CT molecular complexity index is 911. The Labute approximate surface area is 151 Å². The molecule has 0 bridgehead atoms. The van der Waals surface area contributed by atoms with Gasteiger partial charge < -0.3 is 20.7 Å². The molecule has 4 rings (SSSR count). The van der Waals surface area contributed by atoms with Crippen molar-refractivity contribution in [2.75, 3.05) is 22.1 Å². The summed E-state index contributed by atoms with van der Waals surface area (Å²) in [7, 11) is -3.02. The summed E-state index contributed by atoms with van der Waals surface area (Å²) in [6, 6.07) is 14.3. The number of hydrogen-bond donors (Lipinski definition) is 2. The van der Waals surface area contributed by atoms with Gasteiger partial charge in [-0.05, 0) is 60.7 Å². The van der Waals surface area contributed by atoms with Crippen molar-refractivity contribution in [3.8, 4) is 11.5 Å². The minimum absolute atomic E-state index is 0.120. The highest BCUT2D eigenvalue weighted by Crippen LogP contribution is 2.31. The zero-order valence-electron chi connectivity index (χ0n) is 13.3. The minimum Gasteiger partial charge on any atom is -0.457 e. The molecule has 25 heavy (non-hydrogen) atoms. The average Bonchev–Trinajstić information content (AvgIpc) is 3.00. The van der Waals surface area contributed by atoms with E-state index >= 15 is 0 Å². The summed E-state index contributed by atoms with van der Waals surface area (Å²) in [5, 5.41) is 3.68. The second-order valence-corrected chi connectivity index (χ2v) is 8.78. The number of nitrogen functional groups attached to an aromatic ring is 1. The van der Waals surface area contributed by atoms with E-state index in [2.05, 4.69) is 5.32 Å². The highest BCUT2D eigenvalue weighted by Gasteiger charge is 2.47. The van der Waals surface area contributed by atoms with Crippen LogP contribution in [0.3, 0.4) is 0 Å². The van der Waals surface area contributed by atoms with E-state index in [0.29, 0.717) is 22.3 Å². The Morgan fingerprint density at radius 1 is 1.04 bits per heavy atom. The Balaban J connectivity index is 1.53. The quantitative estimate of drug-likeness (QED) is 0.626. The van der Waals surface area contributed by atoms with Gasteiger partial charge in [-0.1, -0.05) is 0 Å². The van der Waals surface area contributed by atoms with Gasteiger partial charge in [0, 0.05) is 11.4 Å². The van der Waals surface area contributed by atoms with Crippen LogP contribution in [0.25, 0.3) is 0 Å². The third-order valence-electron chi connectivity index (χ3n) is 4.41. The van der Waals surface area contributed by atoms with Gasteiger partial charge in [0.1, 0.15) is 11.5 Å². The third kappa shape index (κ3) is 3.14. The Kier molecular flexibility index (Phi) is 3.81. The average molecular weight is 375 g/mol. The summed E-state index contributed by atoms with van der Waals surface area (Å²) >= 11 is 5.38. The maximum absolute atomic E-state index is 11.9. The topological polar surface area (TPSA) is 84.7 Å². The van der Waals surface area contributed by atoms with Crippen LogP contribution in [-0.4, -0.2) is 37.1 Å². The van der Waals surface area contributed by atoms with E-state index in [0.717, 1.165) is 5.69 Å². The van der Waals surface area contributed by atoms with E-state index < -0.39 is 9.84 Å². The van der Waals surface area contributed by atoms with Gasteiger partial charge in [0.2, 0.25) is 0 Å². The molecule has 8 heteroatoms. The van der Waals surface area contributed by atoms with Gasteiger partial charge in [-0.25, -0.2) is 8.42 Å². The molecule has 2 atom stereocenters. The van der Waals surface area contributed by atoms with Crippen molar-refractivity contribution in [1.82, 2.24) is 5.32 Å². The van der Waals surface area contributed by atoms with Crippen LogP contribution in [-0.2, 0) is 9.84 Å². The van der Waals surface area contributed by atoms with Gasteiger partial charge in [-0.15, -0.1) is 0 Å². The normalized spacial score (nSPS) is 24.0. The molecule has 3 N–H and O–H groups in total. The molecule has 2 aromatic carbocycles. The van der Waals surface area contributed by atoms with Gasteiger partial charge in [0.25, 0.3) is 0 Å². The van der Waals surface area contributed by atoms with Crippen LogP contribution >= 0.6 is 12.2 Å². The third-order valence-corrected chi connectivity index (χ3v) is 6.44. The summed E-state index contributed by atoms with van der Waals surface area (Å²) < 4.78 is 29.5. The molecule has 0 aliphatic carbocycles. The van der Waals surface area contributed by atoms with Gasteiger partial charge in [0.05, 0.1) is 23.6 Å². The SMILES string of the molecule is Nc1ccc(Oc2ccc(N3C(=S)NC4CS(=O)(=O)CC43)cc2)cc1. The van der Waals surface area contributed by atoms with Crippen molar-refractivity contribution < 1.29 is 13.2 Å². The molecular formula is C17H17N3O3S2. The fourth-order valence-corrected chi connectivity index (χ4v) is 5.54. The molecule has 2 saturated heterocycles. The van der Waals surface area contributed by atoms with Crippen LogP contribution in [0.2, 0.25) is 0 Å². The fourth-order valence-electron chi connectivity index (χ4n) is 3.26. The summed E-state index contributed by atoms with van der Waals surface area (Å²) in [6.45, 7) is 0. The molecule has 2 unspecified atom stereocenters. The first-order chi connectivity index (χ1) is 11.9. The summed E-state index contributed by atoms with van der Waals surface area (Å²) in [5.74, 6) is 1.63. The molecule has 0 aromatic heterocycles. The molecule has 0 amide bonds. The predicted octanol–water partition coefficient (Wildman–Crippen LogP) is 1.92. The smallest absolute Gasteiger partial charge is 0.174 e. The van der Waals surface area contributed by atoms with Crippen LogP contribution in [0.4, 0.5) is 11.4 Å². The number of fused-ring (bicyclic) bond motifs is 1. The number of anilines is 2. The number of ether oxygens (including phenoxy) is 1. The van der Waals surface area contributed by atoms with Crippen molar-refractivity contribution in [3.63, 3.8) is 0 Å². The molecule has 130 valence electrons. The zero-order valence-corrected chi connectivity index (χ0v) is 14.9. The molecule has 0 saturated carbocycles. The number of benzene rings is 2. The number of thiocarbonyl (C=S) groups is 1. The monoisotopic (exact) mass is 375 g/mol. The lowest BCUT2D eigenvalue weighted by Gasteiger charge is -2.23. The first-order valence-corrected chi connectivity index (χ1v) is 10.1. The number of nitrogens with one attached hydrogen (secondary N) is 1. The largest absolute Gasteiger partial charge is 0.457 e. The maximum Gasteiger partial charge on any atom is 0.174 e. The number of hydrogen-bond acceptors (Lipinski definition) is 5. The second-order valence-electron chi connectivity index (χ2n) is 6.24. The van der Waals surface area contributed by atoms with Crippen molar-refractivity contribution >= 4 is 38.5 Å². The summed E-state index contributed by atoms with van der Waals surface area (Å²) in [4.78, 5) is 1.89. The summed E-state index contributed by atoms with van der Waals surface area (Å²) in [6.07, 6.45) is 0. The van der Waals surface area contributed by atoms with Crippen LogP contribution < -0.4 is 20.7 Å². The highest BCUT2D eigenvalue weighted by atomic mass is 32.2. The Hall–Kier alpha value is -2.32. The standard InChI is InChI=1S/C17H17N3O3S2/c18-11-1-5-13(6-2-11)23-14-7-3-12(4-8-14)20-16-10-25(21,22)9-15(16)19-17(20)24/h1-8,15-16H,9-10,18H2,(H,19,24). The molecule has 2 heterocycles. The van der Waals surface area contributed by atoms with Gasteiger partial charge in [0.15, 0.2) is 14.9 Å². The molecule has 2 aliphatic heterocycles. The molecule has 2 aliphatic rings. The van der Waals surface area contributed by atoms with E-state index in [1.165, 1.54) is 0 Å². The molecular weight excluding hydrogens is 358 g/mol. The molecule has 2 fully saturated rings. The Morgan fingerprint density at radius 3 is 2.28 bits per heavy atom. The second kappa shape index (κ2) is 5.89. The van der Waals surface area contributed by atoms with Gasteiger partial charge >= 0.3 is 0 Å². The maximum atomic E-state index is 11.9. The highest BCUT2D eigenvalue weighted by molar-refractivity contribution is 7.91. The number of nitrogens with two attached hydrogens (primary N) is 1. The number of nitrogens with zero attached hydrogens (tertiary/aromatic N) is 1. The minimum atomic E-state index is -3.02. The summed E-state index contributed by atoms with van der Waals surface area (Å²) in [5.41, 5.74) is 7.20. The van der Waals surface area contributed by atoms with E-state index in [4.69, 9.17) is 22.7 Å².